The highest BCUT2D eigenvalue weighted by molar-refractivity contribution is 5.86. The van der Waals surface area contributed by atoms with Gasteiger partial charge in [-0.2, -0.15) is 0 Å². The Bertz CT molecular complexity index is 1140. The number of hydrogen-bond acceptors (Lipinski definition) is 6. The monoisotopic (exact) mass is 456 g/mol. The zero-order chi connectivity index (χ0) is 24.3. The van der Waals surface area contributed by atoms with Gasteiger partial charge in [0.2, 0.25) is 0 Å². The van der Waals surface area contributed by atoms with Crippen LogP contribution in [0.25, 0.3) is 0 Å². The van der Waals surface area contributed by atoms with E-state index in [1.54, 1.807) is 6.92 Å². The number of ketones is 1. The summed E-state index contributed by atoms with van der Waals surface area (Å²) >= 11 is 0. The van der Waals surface area contributed by atoms with Crippen molar-refractivity contribution in [1.29, 1.82) is 0 Å². The van der Waals surface area contributed by atoms with Crippen molar-refractivity contribution in [3.8, 4) is 5.75 Å². The van der Waals surface area contributed by atoms with E-state index in [1.165, 1.54) is 0 Å². The minimum atomic E-state index is -0.844. The third-order valence-electron chi connectivity index (χ3n) is 10.4. The Hall–Kier alpha value is -1.92. The lowest BCUT2D eigenvalue weighted by molar-refractivity contribution is -0.236. The van der Waals surface area contributed by atoms with Gasteiger partial charge in [-0.3, -0.25) is 4.79 Å². The molecule has 33 heavy (non-hydrogen) atoms. The average Bonchev–Trinajstić information content (AvgIpc) is 3.13. The second kappa shape index (κ2) is 6.60. The fraction of sp³-hybridized carbons (Fsp3) is 0.704. The van der Waals surface area contributed by atoms with E-state index in [2.05, 4.69) is 13.8 Å². The Balaban J connectivity index is 1.71. The molecule has 5 rings (SSSR count). The number of Topliss-reactive ketones (excluding diaryl/α,β-unsaturated/α-hetero) is 1. The number of aliphatic hydroxyl groups is 2. The fourth-order valence-corrected chi connectivity index (χ4v) is 8.42. The van der Waals surface area contributed by atoms with Gasteiger partial charge in [-0.15, -0.1) is 0 Å². The SMILES string of the molecule is CC1=CC(O)C2C3(C)C(O)CC(=O)C(C)(C)C3CCC2(C)C12Cc1c(c(C)c(C)oc1=O)O2. The molecule has 6 nitrogen and oxygen atoms in total. The maximum atomic E-state index is 12.9. The molecule has 1 aromatic heterocycles. The number of hydrogen-bond donors (Lipinski definition) is 2. The third kappa shape index (κ3) is 2.52. The molecule has 180 valence electrons. The number of carbonyl (C=O) groups excluding carboxylic acids is 1. The molecule has 7 atom stereocenters. The van der Waals surface area contributed by atoms with Crippen molar-refractivity contribution in [2.24, 2.45) is 28.1 Å². The first-order valence-electron chi connectivity index (χ1n) is 12.1. The topological polar surface area (TPSA) is 97.0 Å². The van der Waals surface area contributed by atoms with Crippen LogP contribution in [0.1, 0.15) is 70.8 Å². The number of aliphatic hydroxyl groups excluding tert-OH is 2. The molecule has 2 heterocycles. The Kier molecular flexibility index (Phi) is 4.57. The number of ether oxygens (including phenoxy) is 1. The second-order valence-electron chi connectivity index (χ2n) is 12.0. The summed E-state index contributed by atoms with van der Waals surface area (Å²) in [6.07, 6.45) is 2.17. The standard InChI is InChI=1S/C27H36O6/c1-13-10-17(28)22-25(6,9-8-18-24(4,5)19(29)11-20(30)26(18,22)7)27(13)12-16-21(33-27)14(2)15(3)32-23(16)31/h10,17-18,20,22,28,30H,8-9,11-12H2,1-7H3. The van der Waals surface area contributed by atoms with Crippen LogP contribution in [0.3, 0.4) is 0 Å². The Labute approximate surface area is 195 Å². The van der Waals surface area contributed by atoms with Crippen LogP contribution in [0.4, 0.5) is 0 Å². The van der Waals surface area contributed by atoms with E-state index in [4.69, 9.17) is 9.15 Å². The van der Waals surface area contributed by atoms with Gasteiger partial charge in [0.1, 0.15) is 22.9 Å². The number of carbonyl (C=O) groups is 1. The van der Waals surface area contributed by atoms with E-state index in [0.717, 1.165) is 24.0 Å². The van der Waals surface area contributed by atoms with E-state index in [-0.39, 0.29) is 29.7 Å². The van der Waals surface area contributed by atoms with Crippen LogP contribution in [0.15, 0.2) is 20.9 Å². The summed E-state index contributed by atoms with van der Waals surface area (Å²) in [5, 5.41) is 22.9. The van der Waals surface area contributed by atoms with Gasteiger partial charge in [0.05, 0.1) is 17.8 Å². The fourth-order valence-electron chi connectivity index (χ4n) is 8.42. The van der Waals surface area contributed by atoms with Gasteiger partial charge in [-0.25, -0.2) is 4.79 Å². The Morgan fingerprint density at radius 3 is 2.39 bits per heavy atom. The van der Waals surface area contributed by atoms with Gasteiger partial charge in [-0.05, 0) is 45.1 Å². The quantitative estimate of drug-likeness (QED) is 0.579. The average molecular weight is 457 g/mol. The number of rotatable bonds is 0. The van der Waals surface area contributed by atoms with E-state index in [0.29, 0.717) is 23.5 Å². The van der Waals surface area contributed by atoms with Crippen LogP contribution < -0.4 is 10.4 Å². The normalized spacial score (nSPS) is 43.4. The maximum Gasteiger partial charge on any atom is 0.343 e. The van der Waals surface area contributed by atoms with Crippen molar-refractivity contribution < 1.29 is 24.2 Å². The summed E-state index contributed by atoms with van der Waals surface area (Å²) in [7, 11) is 0. The minimum Gasteiger partial charge on any atom is -0.481 e. The van der Waals surface area contributed by atoms with Gasteiger partial charge in [-0.1, -0.05) is 33.8 Å². The summed E-state index contributed by atoms with van der Waals surface area (Å²) in [4.78, 5) is 25.7. The predicted octanol–water partition coefficient (Wildman–Crippen LogP) is 3.65. The molecule has 6 heteroatoms. The van der Waals surface area contributed by atoms with Crippen LogP contribution in [0.2, 0.25) is 0 Å². The lowest BCUT2D eigenvalue weighted by Gasteiger charge is -2.68. The molecule has 4 aliphatic rings. The van der Waals surface area contributed by atoms with Crippen LogP contribution in [0.5, 0.6) is 5.75 Å². The lowest BCUT2D eigenvalue weighted by Crippen LogP contribution is -2.71. The van der Waals surface area contributed by atoms with Crippen LogP contribution in [-0.2, 0) is 11.2 Å². The van der Waals surface area contributed by atoms with Crippen LogP contribution in [0, 0.1) is 41.9 Å². The molecule has 2 N–H and O–H groups in total. The molecule has 2 fully saturated rings. The number of fused-ring (bicyclic) bond motifs is 5. The molecule has 1 aromatic rings. The Morgan fingerprint density at radius 2 is 1.73 bits per heavy atom. The van der Waals surface area contributed by atoms with Crippen molar-refractivity contribution >= 4 is 5.78 Å². The van der Waals surface area contributed by atoms with E-state index < -0.39 is 34.1 Å². The lowest BCUT2D eigenvalue weighted by atomic mass is 9.37. The van der Waals surface area contributed by atoms with Crippen molar-refractivity contribution in [3.63, 3.8) is 0 Å². The largest absolute Gasteiger partial charge is 0.481 e. The van der Waals surface area contributed by atoms with E-state index >= 15 is 0 Å². The van der Waals surface area contributed by atoms with Crippen LogP contribution >= 0.6 is 0 Å². The summed E-state index contributed by atoms with van der Waals surface area (Å²) in [5.74, 6) is 0.836. The highest BCUT2D eigenvalue weighted by Gasteiger charge is 2.72. The minimum absolute atomic E-state index is 0.0596. The van der Waals surface area contributed by atoms with Crippen molar-refractivity contribution in [2.45, 2.75) is 92.0 Å². The highest BCUT2D eigenvalue weighted by Crippen LogP contribution is 2.70. The van der Waals surface area contributed by atoms with Crippen molar-refractivity contribution in [3.05, 3.63) is 39.0 Å². The van der Waals surface area contributed by atoms with Crippen molar-refractivity contribution in [2.75, 3.05) is 0 Å². The zero-order valence-electron chi connectivity index (χ0n) is 20.7. The molecular weight excluding hydrogens is 420 g/mol. The molecule has 1 aliphatic heterocycles. The van der Waals surface area contributed by atoms with Gasteiger partial charge < -0.3 is 19.4 Å². The molecule has 0 radical (unpaired) electrons. The first kappa shape index (κ1) is 22.9. The van der Waals surface area contributed by atoms with Gasteiger partial charge in [0.25, 0.3) is 0 Å². The summed E-state index contributed by atoms with van der Waals surface area (Å²) in [5.41, 5.74) is -0.712. The maximum absolute atomic E-state index is 12.9. The smallest absolute Gasteiger partial charge is 0.343 e. The molecular formula is C27H36O6. The summed E-state index contributed by atoms with van der Waals surface area (Å²) in [6, 6.07) is 0. The molecule has 7 unspecified atom stereocenters. The number of aryl methyl sites for hydroxylation is 1. The molecule has 2 saturated carbocycles. The van der Waals surface area contributed by atoms with Gasteiger partial charge in [0, 0.05) is 40.6 Å². The van der Waals surface area contributed by atoms with Crippen LogP contribution in [-0.4, -0.2) is 33.8 Å². The van der Waals surface area contributed by atoms with Gasteiger partial charge in [0.15, 0.2) is 0 Å². The molecule has 3 aliphatic carbocycles. The second-order valence-corrected chi connectivity index (χ2v) is 12.0. The first-order valence-corrected chi connectivity index (χ1v) is 12.1. The highest BCUT2D eigenvalue weighted by atomic mass is 16.5. The predicted molar refractivity (Wildman–Crippen MR) is 123 cm³/mol. The molecule has 0 aromatic carbocycles. The summed E-state index contributed by atoms with van der Waals surface area (Å²) < 4.78 is 12.3. The van der Waals surface area contributed by atoms with E-state index in [9.17, 15) is 19.8 Å². The van der Waals surface area contributed by atoms with E-state index in [1.807, 2.05) is 33.8 Å². The molecule has 1 spiro atoms. The summed E-state index contributed by atoms with van der Waals surface area (Å²) in [6.45, 7) is 13.8. The molecule has 0 amide bonds. The first-order chi connectivity index (χ1) is 15.2. The Morgan fingerprint density at radius 1 is 1.06 bits per heavy atom. The van der Waals surface area contributed by atoms with Gasteiger partial charge >= 0.3 is 5.63 Å². The molecule has 0 saturated heterocycles. The molecule has 0 bridgehead atoms. The van der Waals surface area contributed by atoms with Crippen molar-refractivity contribution in [1.82, 2.24) is 0 Å². The third-order valence-corrected chi connectivity index (χ3v) is 10.4. The zero-order valence-corrected chi connectivity index (χ0v) is 20.7.